The van der Waals surface area contributed by atoms with Crippen LogP contribution in [0.2, 0.25) is 0 Å². The van der Waals surface area contributed by atoms with Crippen molar-refractivity contribution in [3.05, 3.63) is 54.0 Å². The van der Waals surface area contributed by atoms with Gasteiger partial charge in [-0.3, -0.25) is 0 Å². The number of para-hydroxylation sites is 1. The zero-order chi connectivity index (χ0) is 13.9. The van der Waals surface area contributed by atoms with Gasteiger partial charge in [0.25, 0.3) is 0 Å². The van der Waals surface area contributed by atoms with E-state index in [0.29, 0.717) is 28.2 Å². The molecule has 2 heterocycles. The Kier molecular flexibility index (Phi) is 2.80. The number of nitriles is 2. The van der Waals surface area contributed by atoms with Gasteiger partial charge in [-0.1, -0.05) is 12.1 Å². The summed E-state index contributed by atoms with van der Waals surface area (Å²) in [6.07, 6.45) is 1.43. The van der Waals surface area contributed by atoms with Crippen molar-refractivity contribution in [2.45, 2.75) is 0 Å². The maximum Gasteiger partial charge on any atom is 0.247 e. The van der Waals surface area contributed by atoms with Crippen LogP contribution in [0.3, 0.4) is 0 Å². The molecule has 0 aliphatic carbocycles. The molecule has 5 heteroatoms. The first kappa shape index (κ1) is 11.8. The van der Waals surface area contributed by atoms with Crippen LogP contribution in [0.15, 0.2) is 47.0 Å². The van der Waals surface area contributed by atoms with Gasteiger partial charge < -0.3 is 9.15 Å². The minimum absolute atomic E-state index is 0.107. The Balaban J connectivity index is 2.05. The van der Waals surface area contributed by atoms with E-state index in [0.717, 1.165) is 0 Å². The van der Waals surface area contributed by atoms with Crippen LogP contribution in [0.1, 0.15) is 11.5 Å². The number of benzene rings is 1. The van der Waals surface area contributed by atoms with E-state index in [1.165, 1.54) is 6.20 Å². The molecule has 0 radical (unpaired) electrons. The van der Waals surface area contributed by atoms with Crippen LogP contribution in [0, 0.1) is 22.7 Å². The summed E-state index contributed by atoms with van der Waals surface area (Å²) >= 11 is 0. The summed E-state index contributed by atoms with van der Waals surface area (Å²) in [6.45, 7) is 0. The number of aromatic nitrogens is 1. The first-order valence-electron chi connectivity index (χ1n) is 5.77. The molecule has 0 N–H and O–H groups in total. The third kappa shape index (κ3) is 1.94. The van der Waals surface area contributed by atoms with Gasteiger partial charge in [-0.05, 0) is 24.3 Å². The Labute approximate surface area is 114 Å². The number of hydrogen-bond acceptors (Lipinski definition) is 5. The molecule has 3 rings (SSSR count). The van der Waals surface area contributed by atoms with Gasteiger partial charge in [-0.25, -0.2) is 4.98 Å². The molecule has 0 unspecified atom stereocenters. The van der Waals surface area contributed by atoms with Crippen LogP contribution >= 0.6 is 0 Å². The summed E-state index contributed by atoms with van der Waals surface area (Å²) in [4.78, 5) is 3.91. The van der Waals surface area contributed by atoms with Gasteiger partial charge in [0.15, 0.2) is 5.75 Å². The molecule has 94 valence electrons. The van der Waals surface area contributed by atoms with Crippen LogP contribution in [-0.4, -0.2) is 4.98 Å². The van der Waals surface area contributed by atoms with Gasteiger partial charge in [0.05, 0.1) is 11.6 Å². The summed E-state index contributed by atoms with van der Waals surface area (Å²) in [5.74, 6) is 0.900. The number of furan rings is 1. The second-order valence-corrected chi connectivity index (χ2v) is 3.96. The summed E-state index contributed by atoms with van der Waals surface area (Å²) in [5, 5.41) is 18.5. The Morgan fingerprint density at radius 2 is 1.90 bits per heavy atom. The van der Waals surface area contributed by atoms with Gasteiger partial charge in [-0.15, -0.1) is 0 Å². The number of pyridine rings is 1. The summed E-state index contributed by atoms with van der Waals surface area (Å²) in [7, 11) is 0. The minimum Gasteiger partial charge on any atom is -0.450 e. The molecular weight excluding hydrogens is 254 g/mol. The molecule has 3 aromatic rings. The maximum absolute atomic E-state index is 9.10. The number of rotatable bonds is 2. The molecule has 20 heavy (non-hydrogen) atoms. The van der Waals surface area contributed by atoms with E-state index < -0.39 is 0 Å². The van der Waals surface area contributed by atoms with Crippen LogP contribution in [-0.2, 0) is 0 Å². The predicted molar refractivity (Wildman–Crippen MR) is 70.0 cm³/mol. The lowest BCUT2D eigenvalue weighted by Crippen LogP contribution is -1.88. The largest absolute Gasteiger partial charge is 0.450 e. The van der Waals surface area contributed by atoms with Crippen molar-refractivity contribution >= 4 is 11.0 Å². The fourth-order valence-corrected chi connectivity index (χ4v) is 1.82. The maximum atomic E-state index is 9.10. The molecule has 0 bridgehead atoms. The fraction of sp³-hybridized carbons (Fsp3) is 0. The Morgan fingerprint density at radius 3 is 2.60 bits per heavy atom. The Morgan fingerprint density at radius 1 is 1.05 bits per heavy atom. The van der Waals surface area contributed by atoms with Crippen LogP contribution in [0.25, 0.3) is 11.0 Å². The highest BCUT2D eigenvalue weighted by atomic mass is 16.5. The molecule has 0 aliphatic heterocycles. The number of ether oxygens (including phenoxy) is 1. The zero-order valence-electron chi connectivity index (χ0n) is 10.2. The predicted octanol–water partition coefficient (Wildman–Crippen LogP) is 3.36. The standard InChI is InChI=1S/C15H7N3O2/c16-7-10-5-6-11(9-18-10)19-15-12-3-1-2-4-13(12)20-14(15)8-17/h1-6,9H. The molecule has 0 atom stereocenters. The topological polar surface area (TPSA) is 82.8 Å². The highest BCUT2D eigenvalue weighted by Crippen LogP contribution is 2.35. The molecule has 5 nitrogen and oxygen atoms in total. The molecule has 1 aromatic carbocycles. The average molecular weight is 261 g/mol. The molecule has 2 aromatic heterocycles. The van der Waals surface area contributed by atoms with Crippen LogP contribution in [0.4, 0.5) is 0 Å². The monoisotopic (exact) mass is 261 g/mol. The minimum atomic E-state index is 0.107. The van der Waals surface area contributed by atoms with E-state index in [1.807, 2.05) is 30.3 Å². The number of fused-ring (bicyclic) bond motifs is 1. The van der Waals surface area contributed by atoms with Crippen LogP contribution in [0.5, 0.6) is 11.5 Å². The highest BCUT2D eigenvalue weighted by Gasteiger charge is 2.15. The molecule has 0 saturated heterocycles. The molecular formula is C15H7N3O2. The average Bonchev–Trinajstić information content (AvgIpc) is 2.86. The van der Waals surface area contributed by atoms with Crippen molar-refractivity contribution in [2.24, 2.45) is 0 Å². The van der Waals surface area contributed by atoms with E-state index in [4.69, 9.17) is 19.7 Å². The lowest BCUT2D eigenvalue weighted by atomic mass is 10.2. The Bertz CT molecular complexity index is 851. The van der Waals surface area contributed by atoms with Gasteiger partial charge in [0.1, 0.15) is 29.2 Å². The van der Waals surface area contributed by atoms with E-state index >= 15 is 0 Å². The normalized spacial score (nSPS) is 9.90. The van der Waals surface area contributed by atoms with Gasteiger partial charge in [-0.2, -0.15) is 10.5 Å². The van der Waals surface area contributed by atoms with E-state index in [1.54, 1.807) is 18.2 Å². The fourth-order valence-electron chi connectivity index (χ4n) is 1.82. The number of hydrogen-bond donors (Lipinski definition) is 0. The second kappa shape index (κ2) is 4.75. The van der Waals surface area contributed by atoms with Crippen molar-refractivity contribution in [1.29, 1.82) is 10.5 Å². The van der Waals surface area contributed by atoms with Crippen molar-refractivity contribution in [2.75, 3.05) is 0 Å². The first-order chi connectivity index (χ1) is 9.81. The first-order valence-corrected chi connectivity index (χ1v) is 5.77. The van der Waals surface area contributed by atoms with Crippen molar-refractivity contribution in [1.82, 2.24) is 4.98 Å². The summed E-state index contributed by atoms with van der Waals surface area (Å²) in [5.41, 5.74) is 0.885. The molecule has 0 aliphatic rings. The second-order valence-electron chi connectivity index (χ2n) is 3.96. The van der Waals surface area contributed by atoms with E-state index in [-0.39, 0.29) is 5.76 Å². The number of nitrogens with zero attached hydrogens (tertiary/aromatic N) is 3. The smallest absolute Gasteiger partial charge is 0.247 e. The SMILES string of the molecule is N#Cc1ccc(Oc2c(C#N)oc3ccccc23)cn1. The van der Waals surface area contributed by atoms with Gasteiger partial charge >= 0.3 is 0 Å². The van der Waals surface area contributed by atoms with Crippen molar-refractivity contribution in [3.63, 3.8) is 0 Å². The third-order valence-electron chi connectivity index (χ3n) is 2.72. The molecule has 0 amide bonds. The van der Waals surface area contributed by atoms with Crippen LogP contribution < -0.4 is 4.74 Å². The van der Waals surface area contributed by atoms with Crippen molar-refractivity contribution < 1.29 is 9.15 Å². The van der Waals surface area contributed by atoms with E-state index in [2.05, 4.69) is 4.98 Å². The zero-order valence-corrected chi connectivity index (χ0v) is 10.2. The quantitative estimate of drug-likeness (QED) is 0.706. The van der Waals surface area contributed by atoms with Gasteiger partial charge in [0, 0.05) is 0 Å². The summed E-state index contributed by atoms with van der Waals surface area (Å²) in [6, 6.07) is 14.3. The molecule has 0 fully saturated rings. The third-order valence-corrected chi connectivity index (χ3v) is 2.72. The Hall–Kier alpha value is -3.31. The van der Waals surface area contributed by atoms with E-state index in [9.17, 15) is 0 Å². The lowest BCUT2D eigenvalue weighted by Gasteiger charge is -2.03. The molecule has 0 saturated carbocycles. The lowest BCUT2D eigenvalue weighted by molar-refractivity contribution is 0.465. The molecule has 0 spiro atoms. The summed E-state index contributed by atoms with van der Waals surface area (Å²) < 4.78 is 11.1. The van der Waals surface area contributed by atoms with Crippen molar-refractivity contribution in [3.8, 4) is 23.6 Å². The van der Waals surface area contributed by atoms with Gasteiger partial charge in [0.2, 0.25) is 5.76 Å². The highest BCUT2D eigenvalue weighted by molar-refractivity contribution is 5.86.